The summed E-state index contributed by atoms with van der Waals surface area (Å²) in [5.41, 5.74) is 9.39. The summed E-state index contributed by atoms with van der Waals surface area (Å²) >= 11 is 0. The van der Waals surface area contributed by atoms with Crippen molar-refractivity contribution in [2.24, 2.45) is 11.7 Å². The third kappa shape index (κ3) is 3.07. The Labute approximate surface area is 122 Å². The monoisotopic (exact) mass is 273 g/mol. The summed E-state index contributed by atoms with van der Waals surface area (Å²) in [5.74, 6) is 0.628. The standard InChI is InChI=1S/C18H27NO/c1-14-4-6-15(7-5-14)12-17(19)16-8-11-20-18(13-16)9-2-3-10-18/h4-7,16-17H,2-3,8-13,19H2,1H3. The van der Waals surface area contributed by atoms with Crippen LogP contribution in [0.3, 0.4) is 0 Å². The molecule has 2 fully saturated rings. The minimum absolute atomic E-state index is 0.188. The second-order valence-electron chi connectivity index (χ2n) is 6.85. The predicted octanol–water partition coefficient (Wildman–Crippen LogP) is 3.60. The Morgan fingerprint density at radius 3 is 2.65 bits per heavy atom. The maximum atomic E-state index is 6.51. The number of aryl methyl sites for hydroxylation is 1. The Kier molecular flexibility index (Phi) is 4.13. The number of rotatable bonds is 3. The molecule has 0 aromatic heterocycles. The minimum Gasteiger partial charge on any atom is -0.375 e. The first kappa shape index (κ1) is 14.1. The van der Waals surface area contributed by atoms with Crippen LogP contribution in [0.25, 0.3) is 0 Å². The van der Waals surface area contributed by atoms with Gasteiger partial charge in [0.15, 0.2) is 0 Å². The summed E-state index contributed by atoms with van der Waals surface area (Å²) in [5, 5.41) is 0. The van der Waals surface area contributed by atoms with Gasteiger partial charge in [0.05, 0.1) is 5.60 Å². The van der Waals surface area contributed by atoms with Crippen molar-refractivity contribution in [3.8, 4) is 0 Å². The van der Waals surface area contributed by atoms with E-state index in [0.717, 1.165) is 19.4 Å². The number of benzene rings is 1. The lowest BCUT2D eigenvalue weighted by molar-refractivity contribution is -0.0960. The molecule has 1 saturated heterocycles. The van der Waals surface area contributed by atoms with Gasteiger partial charge in [-0.05, 0) is 50.5 Å². The molecule has 2 N–H and O–H groups in total. The van der Waals surface area contributed by atoms with E-state index in [9.17, 15) is 0 Å². The van der Waals surface area contributed by atoms with Gasteiger partial charge in [0.1, 0.15) is 0 Å². The zero-order valence-electron chi connectivity index (χ0n) is 12.6. The molecule has 1 aliphatic heterocycles. The molecular weight excluding hydrogens is 246 g/mol. The van der Waals surface area contributed by atoms with Gasteiger partial charge in [0, 0.05) is 12.6 Å². The Balaban J connectivity index is 1.61. The molecule has 1 aliphatic carbocycles. The molecule has 2 nitrogen and oxygen atoms in total. The average molecular weight is 273 g/mol. The van der Waals surface area contributed by atoms with Crippen LogP contribution in [0.15, 0.2) is 24.3 Å². The van der Waals surface area contributed by atoms with Crippen LogP contribution < -0.4 is 5.73 Å². The van der Waals surface area contributed by atoms with Crippen molar-refractivity contribution in [1.82, 2.24) is 0 Å². The van der Waals surface area contributed by atoms with Crippen molar-refractivity contribution >= 4 is 0 Å². The van der Waals surface area contributed by atoms with Crippen LogP contribution in [0.2, 0.25) is 0 Å². The van der Waals surface area contributed by atoms with Gasteiger partial charge in [-0.15, -0.1) is 0 Å². The molecule has 2 aliphatic rings. The fraction of sp³-hybridized carbons (Fsp3) is 0.667. The Bertz CT molecular complexity index is 433. The summed E-state index contributed by atoms with van der Waals surface area (Å²) in [4.78, 5) is 0. The molecule has 110 valence electrons. The number of nitrogens with two attached hydrogens (primary N) is 1. The van der Waals surface area contributed by atoms with Crippen LogP contribution in [0.4, 0.5) is 0 Å². The van der Waals surface area contributed by atoms with Crippen molar-refractivity contribution < 1.29 is 4.74 Å². The van der Waals surface area contributed by atoms with Gasteiger partial charge >= 0.3 is 0 Å². The van der Waals surface area contributed by atoms with Gasteiger partial charge < -0.3 is 10.5 Å². The van der Waals surface area contributed by atoms with Crippen LogP contribution in [-0.2, 0) is 11.2 Å². The highest BCUT2D eigenvalue weighted by Crippen LogP contribution is 2.42. The van der Waals surface area contributed by atoms with E-state index in [4.69, 9.17) is 10.5 Å². The molecule has 1 spiro atoms. The normalized spacial score (nSPS) is 26.8. The van der Waals surface area contributed by atoms with E-state index in [-0.39, 0.29) is 11.6 Å². The van der Waals surface area contributed by atoms with Gasteiger partial charge in [-0.2, -0.15) is 0 Å². The second-order valence-corrected chi connectivity index (χ2v) is 6.85. The van der Waals surface area contributed by atoms with Crippen LogP contribution in [0, 0.1) is 12.8 Å². The molecule has 0 bridgehead atoms. The molecule has 2 heteroatoms. The Hall–Kier alpha value is -0.860. The molecule has 3 rings (SSSR count). The summed E-state index contributed by atoms with van der Waals surface area (Å²) in [6.07, 6.45) is 8.48. The first-order valence-corrected chi connectivity index (χ1v) is 8.12. The highest BCUT2D eigenvalue weighted by atomic mass is 16.5. The maximum absolute atomic E-state index is 6.51. The lowest BCUT2D eigenvalue weighted by Gasteiger charge is -2.40. The fourth-order valence-electron chi connectivity index (χ4n) is 3.96. The van der Waals surface area contributed by atoms with Gasteiger partial charge in [-0.25, -0.2) is 0 Å². The second kappa shape index (κ2) is 5.87. The molecule has 0 amide bonds. The summed E-state index contributed by atoms with van der Waals surface area (Å²) < 4.78 is 6.12. The molecule has 1 aromatic carbocycles. The summed E-state index contributed by atoms with van der Waals surface area (Å²) in [6, 6.07) is 9.09. The molecule has 20 heavy (non-hydrogen) atoms. The zero-order chi connectivity index (χ0) is 14.0. The number of hydrogen-bond acceptors (Lipinski definition) is 2. The van der Waals surface area contributed by atoms with E-state index in [1.165, 1.54) is 43.2 Å². The lowest BCUT2D eigenvalue weighted by atomic mass is 9.79. The quantitative estimate of drug-likeness (QED) is 0.913. The zero-order valence-corrected chi connectivity index (χ0v) is 12.6. The molecule has 1 saturated carbocycles. The molecule has 2 atom stereocenters. The van der Waals surface area contributed by atoms with Gasteiger partial charge in [-0.3, -0.25) is 0 Å². The van der Waals surface area contributed by atoms with Crippen LogP contribution in [0.5, 0.6) is 0 Å². The van der Waals surface area contributed by atoms with Crippen LogP contribution >= 0.6 is 0 Å². The SMILES string of the molecule is Cc1ccc(CC(N)C2CCOC3(CCCC3)C2)cc1. The maximum Gasteiger partial charge on any atom is 0.0685 e. The van der Waals surface area contributed by atoms with E-state index in [1.54, 1.807) is 0 Å². The number of ether oxygens (including phenoxy) is 1. The fourth-order valence-corrected chi connectivity index (χ4v) is 3.96. The highest BCUT2D eigenvalue weighted by Gasteiger charge is 2.41. The third-order valence-corrected chi connectivity index (χ3v) is 5.24. The smallest absolute Gasteiger partial charge is 0.0685 e. The largest absolute Gasteiger partial charge is 0.375 e. The van der Waals surface area contributed by atoms with Crippen molar-refractivity contribution in [3.05, 3.63) is 35.4 Å². The Morgan fingerprint density at radius 1 is 1.25 bits per heavy atom. The average Bonchev–Trinajstić information content (AvgIpc) is 2.89. The lowest BCUT2D eigenvalue weighted by Crippen LogP contribution is -2.44. The summed E-state index contributed by atoms with van der Waals surface area (Å²) in [6.45, 7) is 3.04. The van der Waals surface area contributed by atoms with Crippen molar-refractivity contribution in [3.63, 3.8) is 0 Å². The van der Waals surface area contributed by atoms with Crippen molar-refractivity contribution in [2.75, 3.05) is 6.61 Å². The molecule has 0 radical (unpaired) electrons. The van der Waals surface area contributed by atoms with Crippen LogP contribution in [0.1, 0.15) is 49.7 Å². The van der Waals surface area contributed by atoms with E-state index >= 15 is 0 Å². The van der Waals surface area contributed by atoms with Crippen LogP contribution in [-0.4, -0.2) is 18.2 Å². The number of hydrogen-bond donors (Lipinski definition) is 1. The Morgan fingerprint density at radius 2 is 1.95 bits per heavy atom. The molecule has 1 aromatic rings. The third-order valence-electron chi connectivity index (χ3n) is 5.24. The molecule has 1 heterocycles. The molecule has 2 unspecified atom stereocenters. The topological polar surface area (TPSA) is 35.2 Å². The van der Waals surface area contributed by atoms with Gasteiger partial charge in [0.25, 0.3) is 0 Å². The highest BCUT2D eigenvalue weighted by molar-refractivity contribution is 5.22. The van der Waals surface area contributed by atoms with Gasteiger partial charge in [0.2, 0.25) is 0 Å². The predicted molar refractivity (Wildman–Crippen MR) is 82.7 cm³/mol. The van der Waals surface area contributed by atoms with Gasteiger partial charge in [-0.1, -0.05) is 42.7 Å². The van der Waals surface area contributed by atoms with E-state index in [1.807, 2.05) is 0 Å². The van der Waals surface area contributed by atoms with E-state index < -0.39 is 0 Å². The van der Waals surface area contributed by atoms with Crippen molar-refractivity contribution in [2.45, 2.75) is 63.5 Å². The minimum atomic E-state index is 0.188. The first-order valence-electron chi connectivity index (χ1n) is 8.12. The van der Waals surface area contributed by atoms with Crippen molar-refractivity contribution in [1.29, 1.82) is 0 Å². The molecular formula is C18H27NO. The van der Waals surface area contributed by atoms with E-state index in [2.05, 4.69) is 31.2 Å². The summed E-state index contributed by atoms with van der Waals surface area (Å²) in [7, 11) is 0. The van der Waals surface area contributed by atoms with E-state index in [0.29, 0.717) is 5.92 Å². The first-order chi connectivity index (χ1) is 9.67.